The average Bonchev–Trinajstić information content (AvgIpc) is 2.24. The molecule has 0 aliphatic heterocycles. The van der Waals surface area contributed by atoms with Gasteiger partial charge in [-0.2, -0.15) is 0 Å². The third-order valence-electron chi connectivity index (χ3n) is 1.64. The second-order valence-corrected chi connectivity index (χ2v) is 3.58. The van der Waals surface area contributed by atoms with E-state index in [1.807, 2.05) is 0 Å². The summed E-state index contributed by atoms with van der Waals surface area (Å²) in [4.78, 5) is 15.1. The van der Waals surface area contributed by atoms with Crippen molar-refractivity contribution in [1.29, 1.82) is 0 Å². The third kappa shape index (κ3) is 4.24. The molecule has 0 bridgehead atoms. The zero-order valence-corrected chi connectivity index (χ0v) is 9.72. The highest BCUT2D eigenvalue weighted by Crippen LogP contribution is 2.26. The van der Waals surface area contributed by atoms with Crippen LogP contribution in [0.15, 0.2) is 18.2 Å². The van der Waals surface area contributed by atoms with Crippen molar-refractivity contribution < 1.29 is 14.4 Å². The SMILES string of the molecule is NNOC(=O)CCOc1ccc(Cl)c(Cl)c1. The van der Waals surface area contributed by atoms with Crippen LogP contribution in [0.1, 0.15) is 6.42 Å². The van der Waals surface area contributed by atoms with Gasteiger partial charge >= 0.3 is 5.97 Å². The number of hydrogen-bond acceptors (Lipinski definition) is 5. The lowest BCUT2D eigenvalue weighted by Gasteiger charge is -2.06. The summed E-state index contributed by atoms with van der Waals surface area (Å²) >= 11 is 11.5. The van der Waals surface area contributed by atoms with E-state index in [0.29, 0.717) is 15.8 Å². The van der Waals surface area contributed by atoms with Crippen molar-refractivity contribution in [2.24, 2.45) is 5.84 Å². The molecule has 0 radical (unpaired) electrons. The van der Waals surface area contributed by atoms with Crippen LogP contribution in [-0.2, 0) is 9.63 Å². The summed E-state index contributed by atoms with van der Waals surface area (Å²) in [6.45, 7) is 0.165. The summed E-state index contributed by atoms with van der Waals surface area (Å²) in [7, 11) is 0. The van der Waals surface area contributed by atoms with E-state index in [-0.39, 0.29) is 13.0 Å². The molecule has 0 aliphatic rings. The first-order valence-electron chi connectivity index (χ1n) is 4.36. The van der Waals surface area contributed by atoms with Crippen LogP contribution in [-0.4, -0.2) is 12.6 Å². The Morgan fingerprint density at radius 3 is 2.75 bits per heavy atom. The fourth-order valence-electron chi connectivity index (χ4n) is 0.936. The Bertz CT molecular complexity index is 374. The predicted octanol–water partition coefficient (Wildman–Crippen LogP) is 1.68. The van der Waals surface area contributed by atoms with E-state index < -0.39 is 5.97 Å². The van der Waals surface area contributed by atoms with Gasteiger partial charge in [0, 0.05) is 6.07 Å². The molecule has 1 aromatic rings. The number of nitrogens with one attached hydrogen (secondary N) is 1. The largest absolute Gasteiger partial charge is 0.493 e. The van der Waals surface area contributed by atoms with Gasteiger partial charge in [0.15, 0.2) is 0 Å². The molecule has 0 saturated carbocycles. The van der Waals surface area contributed by atoms with Gasteiger partial charge in [-0.15, -0.1) is 0 Å². The molecular weight excluding hydrogens is 255 g/mol. The second kappa shape index (κ2) is 6.55. The molecule has 0 heterocycles. The minimum atomic E-state index is -0.512. The minimum Gasteiger partial charge on any atom is -0.493 e. The molecule has 0 fully saturated rings. The fraction of sp³-hybridized carbons (Fsp3) is 0.222. The first-order chi connectivity index (χ1) is 7.63. The Balaban J connectivity index is 2.37. The molecular formula is C9H10Cl2N2O3. The van der Waals surface area contributed by atoms with Gasteiger partial charge in [0.1, 0.15) is 5.75 Å². The van der Waals surface area contributed by atoms with Gasteiger partial charge in [-0.1, -0.05) is 28.8 Å². The van der Waals surface area contributed by atoms with Crippen molar-refractivity contribution >= 4 is 29.2 Å². The summed E-state index contributed by atoms with van der Waals surface area (Å²) in [6, 6.07) is 4.83. The number of benzene rings is 1. The molecule has 0 aliphatic carbocycles. The van der Waals surface area contributed by atoms with E-state index in [1.54, 1.807) is 23.8 Å². The van der Waals surface area contributed by atoms with Gasteiger partial charge in [0.25, 0.3) is 0 Å². The first kappa shape index (κ1) is 13.1. The van der Waals surface area contributed by atoms with Crippen LogP contribution in [0, 0.1) is 0 Å². The maximum absolute atomic E-state index is 10.9. The number of nitrogens with two attached hydrogens (primary N) is 1. The Hall–Kier alpha value is -1.01. The summed E-state index contributed by atoms with van der Waals surface area (Å²) in [5, 5.41) is 0.839. The standard InChI is InChI=1S/C9H10Cl2N2O3/c10-7-2-1-6(5-8(7)11)15-4-3-9(14)16-13-12/h1-2,5,13H,3-4,12H2. The van der Waals surface area contributed by atoms with E-state index in [0.717, 1.165) is 0 Å². The maximum Gasteiger partial charge on any atom is 0.329 e. The molecule has 3 N–H and O–H groups in total. The zero-order chi connectivity index (χ0) is 12.0. The molecule has 0 saturated heterocycles. The van der Waals surface area contributed by atoms with Gasteiger partial charge in [-0.3, -0.25) is 4.79 Å². The van der Waals surface area contributed by atoms with Gasteiger partial charge in [0.05, 0.1) is 23.1 Å². The van der Waals surface area contributed by atoms with Crippen molar-refractivity contribution in [1.82, 2.24) is 5.59 Å². The normalized spacial score (nSPS) is 9.94. The van der Waals surface area contributed by atoms with Crippen LogP contribution in [0.5, 0.6) is 5.75 Å². The van der Waals surface area contributed by atoms with Crippen LogP contribution in [0.2, 0.25) is 10.0 Å². The number of halogens is 2. The summed E-state index contributed by atoms with van der Waals surface area (Å²) in [6.07, 6.45) is 0.0739. The average molecular weight is 265 g/mol. The van der Waals surface area contributed by atoms with E-state index in [9.17, 15) is 4.79 Å². The highest BCUT2D eigenvalue weighted by atomic mass is 35.5. The van der Waals surface area contributed by atoms with Crippen molar-refractivity contribution in [2.45, 2.75) is 6.42 Å². The Kier molecular flexibility index (Phi) is 5.34. The quantitative estimate of drug-likeness (QED) is 0.626. The van der Waals surface area contributed by atoms with Gasteiger partial charge in [-0.05, 0) is 12.1 Å². The lowest BCUT2D eigenvalue weighted by Crippen LogP contribution is -2.26. The number of carbonyl (C=O) groups is 1. The number of carbonyl (C=O) groups excluding carboxylic acids is 1. The lowest BCUT2D eigenvalue weighted by atomic mass is 10.3. The van der Waals surface area contributed by atoms with Crippen LogP contribution in [0.4, 0.5) is 0 Å². The van der Waals surface area contributed by atoms with Crippen molar-refractivity contribution in [3.05, 3.63) is 28.2 Å². The minimum absolute atomic E-state index is 0.0739. The molecule has 0 atom stereocenters. The first-order valence-corrected chi connectivity index (χ1v) is 5.12. The number of ether oxygens (including phenoxy) is 1. The van der Waals surface area contributed by atoms with E-state index in [1.165, 1.54) is 0 Å². The molecule has 0 amide bonds. The summed E-state index contributed by atoms with van der Waals surface area (Å²) in [5.74, 6) is 4.80. The molecule has 0 spiro atoms. The summed E-state index contributed by atoms with van der Waals surface area (Å²) in [5.41, 5.74) is 1.79. The third-order valence-corrected chi connectivity index (χ3v) is 2.38. The Labute approximate surface area is 102 Å². The van der Waals surface area contributed by atoms with Crippen molar-refractivity contribution in [3.63, 3.8) is 0 Å². The summed E-state index contributed by atoms with van der Waals surface area (Å²) < 4.78 is 5.25. The Morgan fingerprint density at radius 2 is 2.12 bits per heavy atom. The number of hydrogen-bond donors (Lipinski definition) is 2. The monoisotopic (exact) mass is 264 g/mol. The van der Waals surface area contributed by atoms with Crippen LogP contribution in [0.3, 0.4) is 0 Å². The van der Waals surface area contributed by atoms with Gasteiger partial charge in [0.2, 0.25) is 0 Å². The fourth-order valence-corrected chi connectivity index (χ4v) is 1.22. The molecule has 0 aromatic heterocycles. The van der Waals surface area contributed by atoms with E-state index >= 15 is 0 Å². The smallest absolute Gasteiger partial charge is 0.329 e. The van der Waals surface area contributed by atoms with Gasteiger partial charge in [-0.25, -0.2) is 5.84 Å². The second-order valence-electron chi connectivity index (χ2n) is 2.77. The molecule has 16 heavy (non-hydrogen) atoms. The van der Waals surface area contributed by atoms with Gasteiger partial charge < -0.3 is 9.57 Å². The highest BCUT2D eigenvalue weighted by molar-refractivity contribution is 6.42. The molecule has 5 nitrogen and oxygen atoms in total. The maximum atomic E-state index is 10.9. The van der Waals surface area contributed by atoms with E-state index in [2.05, 4.69) is 4.84 Å². The van der Waals surface area contributed by atoms with Crippen LogP contribution >= 0.6 is 23.2 Å². The number of rotatable bonds is 5. The highest BCUT2D eigenvalue weighted by Gasteiger charge is 2.04. The molecule has 1 rings (SSSR count). The zero-order valence-electron chi connectivity index (χ0n) is 8.20. The van der Waals surface area contributed by atoms with E-state index in [4.69, 9.17) is 33.8 Å². The van der Waals surface area contributed by atoms with Crippen molar-refractivity contribution in [2.75, 3.05) is 6.61 Å². The lowest BCUT2D eigenvalue weighted by molar-refractivity contribution is -0.151. The van der Waals surface area contributed by atoms with Crippen LogP contribution in [0.25, 0.3) is 0 Å². The topological polar surface area (TPSA) is 73.6 Å². The Morgan fingerprint density at radius 1 is 1.38 bits per heavy atom. The molecule has 88 valence electrons. The molecule has 1 aromatic carbocycles. The molecule has 0 unspecified atom stereocenters. The van der Waals surface area contributed by atoms with Crippen LogP contribution < -0.4 is 16.2 Å². The number of hydrazine groups is 1. The molecule has 7 heteroatoms. The van der Waals surface area contributed by atoms with Crippen molar-refractivity contribution in [3.8, 4) is 5.75 Å². The predicted molar refractivity (Wildman–Crippen MR) is 60.0 cm³/mol.